The Labute approximate surface area is 317 Å². The van der Waals surface area contributed by atoms with Crippen molar-refractivity contribution >= 4 is 62.4 Å². The van der Waals surface area contributed by atoms with Gasteiger partial charge in [-0.2, -0.15) is 0 Å². The summed E-state index contributed by atoms with van der Waals surface area (Å²) in [6, 6.07) is 16.4. The van der Waals surface area contributed by atoms with Crippen molar-refractivity contribution in [3.05, 3.63) is 106 Å². The number of para-hydroxylation sites is 2. The molecule has 1 saturated heterocycles. The second-order valence-electron chi connectivity index (χ2n) is 13.0. The number of aromatic carboxylic acids is 1. The van der Waals surface area contributed by atoms with Gasteiger partial charge in [0.05, 0.1) is 30.6 Å². The fourth-order valence-electron chi connectivity index (χ4n) is 6.10. The average molecular weight is 780 g/mol. The molecule has 0 saturated carbocycles. The highest BCUT2D eigenvalue weighted by Gasteiger charge is 2.43. The molecule has 1 aliphatic heterocycles. The number of oxazole rings is 1. The van der Waals surface area contributed by atoms with Gasteiger partial charge >= 0.3 is 5.97 Å². The molecule has 16 heteroatoms. The van der Waals surface area contributed by atoms with Gasteiger partial charge in [0.15, 0.2) is 5.58 Å². The molecule has 0 unspecified atom stereocenters. The Hall–Kier alpha value is -4.93. The number of Topliss-reactive ketones (excluding diaryl/α,β-unsaturated/α-hetero) is 1. The van der Waals surface area contributed by atoms with Crippen LogP contribution in [0.15, 0.2) is 83.3 Å². The molecule has 1 fully saturated rings. The number of amides is 2. The Morgan fingerprint density at radius 2 is 1.78 bits per heavy atom. The maximum absolute atomic E-state index is 14.3. The van der Waals surface area contributed by atoms with E-state index in [0.717, 1.165) is 11.8 Å². The number of halogens is 1. The third-order valence-electron chi connectivity index (χ3n) is 8.83. The summed E-state index contributed by atoms with van der Waals surface area (Å²) in [7, 11) is -3.91. The predicted octanol–water partition coefficient (Wildman–Crippen LogP) is 4.18. The monoisotopic (exact) mass is 779 g/mol. The van der Waals surface area contributed by atoms with Crippen LogP contribution in [0, 0.1) is 0 Å². The summed E-state index contributed by atoms with van der Waals surface area (Å²) >= 11 is 6.03. The molecule has 3 aromatic carbocycles. The summed E-state index contributed by atoms with van der Waals surface area (Å²) in [6.07, 6.45) is 4.84. The van der Waals surface area contributed by atoms with Gasteiger partial charge in [0.1, 0.15) is 17.6 Å². The number of hydrogen-bond donors (Lipinski definition) is 4. The summed E-state index contributed by atoms with van der Waals surface area (Å²) in [5.74, 6) is -3.09. The third kappa shape index (κ3) is 11.1. The number of ether oxygens (including phenoxy) is 1. The number of fused-ring (bicyclic) bond motifs is 1. The van der Waals surface area contributed by atoms with Gasteiger partial charge in [-0.15, -0.1) is 0 Å². The number of sulfonamides is 1. The first-order chi connectivity index (χ1) is 25.8. The number of nitrogens with zero attached hydrogens (tertiary/aromatic N) is 2. The number of ketones is 1. The van der Waals surface area contributed by atoms with Crippen molar-refractivity contribution in [2.75, 3.05) is 19.3 Å². The van der Waals surface area contributed by atoms with E-state index in [0.29, 0.717) is 41.1 Å². The highest BCUT2D eigenvalue weighted by molar-refractivity contribution is 7.88. The summed E-state index contributed by atoms with van der Waals surface area (Å²) in [4.78, 5) is 59.0. The number of likely N-dealkylation sites (tertiary alicyclic amines) is 1. The van der Waals surface area contributed by atoms with E-state index in [-0.39, 0.29) is 43.9 Å². The molecule has 2 heterocycles. The van der Waals surface area contributed by atoms with E-state index in [1.807, 2.05) is 0 Å². The number of carboxylic acid groups (broad SMARTS) is 1. The van der Waals surface area contributed by atoms with Gasteiger partial charge in [0, 0.05) is 18.0 Å². The topological polar surface area (TPSA) is 211 Å². The minimum Gasteiger partial charge on any atom is -0.478 e. The third-order valence-corrected chi connectivity index (χ3v) is 9.79. The lowest BCUT2D eigenvalue weighted by atomic mass is 10.0. The van der Waals surface area contributed by atoms with Gasteiger partial charge < -0.3 is 30.2 Å². The van der Waals surface area contributed by atoms with Crippen molar-refractivity contribution in [1.82, 2.24) is 19.9 Å². The zero-order chi connectivity index (χ0) is 38.8. The van der Waals surface area contributed by atoms with Crippen LogP contribution in [0.3, 0.4) is 0 Å². The Balaban J connectivity index is 1.39. The fourth-order valence-corrected chi connectivity index (χ4v) is 6.94. The first kappa shape index (κ1) is 40.3. The van der Waals surface area contributed by atoms with Crippen LogP contribution < -0.4 is 15.8 Å². The van der Waals surface area contributed by atoms with Crippen molar-refractivity contribution in [3.63, 3.8) is 0 Å². The molecule has 4 atom stereocenters. The number of benzene rings is 3. The quantitative estimate of drug-likeness (QED) is 0.0831. The number of carbonyl (C=O) groups is 4. The Morgan fingerprint density at radius 3 is 2.44 bits per heavy atom. The van der Waals surface area contributed by atoms with Crippen molar-refractivity contribution < 1.29 is 41.9 Å². The highest BCUT2D eigenvalue weighted by Crippen LogP contribution is 2.25. The smallest absolute Gasteiger partial charge is 0.335 e. The van der Waals surface area contributed by atoms with Gasteiger partial charge in [-0.3, -0.25) is 14.4 Å². The van der Waals surface area contributed by atoms with Crippen molar-refractivity contribution in [2.45, 2.75) is 62.9 Å². The predicted molar refractivity (Wildman–Crippen MR) is 202 cm³/mol. The summed E-state index contributed by atoms with van der Waals surface area (Å²) in [5.41, 5.74) is 8.15. The molecule has 0 bridgehead atoms. The summed E-state index contributed by atoms with van der Waals surface area (Å²) in [6.45, 7) is 0.500. The van der Waals surface area contributed by atoms with Gasteiger partial charge in [0.2, 0.25) is 27.6 Å². The van der Waals surface area contributed by atoms with Crippen molar-refractivity contribution in [1.29, 1.82) is 0 Å². The number of carbonyl (C=O) groups excluding carboxylic acids is 3. The standard InChI is InChI=1S/C38H42ClN5O9S/c1-54(50,51)43-31(10-6-7-24-12-16-26(17-13-24)38(48)49)37(47)44-22-28(52-23-25-14-18-27(39)19-15-25)21-32(44)35(46)41-30(9-4-5-20-40)34(45)36-42-29-8-2-3-11-33(29)53-36/h2-3,6-8,11-19,28,30-32,43H,4-5,9-10,20-23,40H2,1H3,(H,41,46)(H,48,49)/b7-6+/t28-,30+,31-,32+/m1/s1. The maximum atomic E-state index is 14.3. The van der Waals surface area contributed by atoms with E-state index >= 15 is 0 Å². The molecule has 14 nitrogen and oxygen atoms in total. The van der Waals surface area contributed by atoms with E-state index in [4.69, 9.17) is 26.5 Å². The lowest BCUT2D eigenvalue weighted by Gasteiger charge is -2.29. The molecule has 0 spiro atoms. The van der Waals surface area contributed by atoms with Crippen LogP contribution in [-0.4, -0.2) is 90.5 Å². The number of aromatic nitrogens is 1. The minimum atomic E-state index is -3.91. The second kappa shape index (κ2) is 18.4. The molecular weight excluding hydrogens is 738 g/mol. The number of nitrogens with one attached hydrogen (secondary N) is 2. The number of nitrogens with two attached hydrogens (primary N) is 1. The van der Waals surface area contributed by atoms with Gasteiger partial charge in [-0.25, -0.2) is 22.9 Å². The average Bonchev–Trinajstić information content (AvgIpc) is 3.78. The Morgan fingerprint density at radius 1 is 1.06 bits per heavy atom. The SMILES string of the molecule is CS(=O)(=O)N[C@H](C/C=C/c1ccc(C(=O)O)cc1)C(=O)N1C[C@H](OCc2ccc(Cl)cc2)C[C@H]1C(=O)N[C@@H](CCCCN)C(=O)c1nc2ccccc2o1. The molecule has 0 aliphatic carbocycles. The van der Waals surface area contributed by atoms with Crippen LogP contribution >= 0.6 is 11.6 Å². The maximum Gasteiger partial charge on any atom is 0.335 e. The van der Waals surface area contributed by atoms with Crippen LogP contribution in [0.1, 0.15) is 64.3 Å². The number of carboxylic acids is 1. The molecule has 286 valence electrons. The highest BCUT2D eigenvalue weighted by atomic mass is 35.5. The van der Waals surface area contributed by atoms with Gasteiger partial charge in [-0.05, 0) is 79.8 Å². The molecule has 4 aromatic rings. The molecular formula is C38H42ClN5O9S. The zero-order valence-corrected chi connectivity index (χ0v) is 31.1. The molecule has 1 aromatic heterocycles. The molecule has 5 N–H and O–H groups in total. The lowest BCUT2D eigenvalue weighted by molar-refractivity contribution is -0.140. The van der Waals surface area contributed by atoms with E-state index in [9.17, 15) is 32.7 Å². The summed E-state index contributed by atoms with van der Waals surface area (Å²) in [5, 5.41) is 12.6. The van der Waals surface area contributed by atoms with Crippen LogP contribution in [0.4, 0.5) is 0 Å². The van der Waals surface area contributed by atoms with E-state index in [1.54, 1.807) is 72.8 Å². The normalized spacial score (nSPS) is 17.1. The number of hydrogen-bond acceptors (Lipinski definition) is 10. The molecule has 2 amide bonds. The van der Waals surface area contributed by atoms with Crippen molar-refractivity contribution in [2.24, 2.45) is 5.73 Å². The largest absolute Gasteiger partial charge is 0.478 e. The number of rotatable bonds is 18. The van der Waals surface area contributed by atoms with Crippen LogP contribution in [-0.2, 0) is 31.0 Å². The van der Waals surface area contributed by atoms with E-state index in [1.165, 1.54) is 17.0 Å². The lowest BCUT2D eigenvalue weighted by Crippen LogP contribution is -2.55. The summed E-state index contributed by atoms with van der Waals surface area (Å²) < 4.78 is 39.2. The molecule has 5 rings (SSSR count). The molecule has 54 heavy (non-hydrogen) atoms. The zero-order valence-electron chi connectivity index (χ0n) is 29.5. The first-order valence-corrected chi connectivity index (χ1v) is 19.6. The molecule has 0 radical (unpaired) electrons. The minimum absolute atomic E-state index is 0.0380. The Bertz CT molecular complexity index is 2050. The number of unbranched alkanes of at least 4 members (excludes halogenated alkanes) is 1. The molecule has 1 aliphatic rings. The van der Waals surface area contributed by atoms with Gasteiger partial charge in [0.25, 0.3) is 5.89 Å². The van der Waals surface area contributed by atoms with Crippen molar-refractivity contribution in [3.8, 4) is 0 Å². The second-order valence-corrected chi connectivity index (χ2v) is 15.2. The first-order valence-electron chi connectivity index (χ1n) is 17.3. The van der Waals surface area contributed by atoms with Crippen LogP contribution in [0.2, 0.25) is 5.02 Å². The van der Waals surface area contributed by atoms with E-state index in [2.05, 4.69) is 15.0 Å². The fraction of sp³-hybridized carbons (Fsp3) is 0.342. The Kier molecular flexibility index (Phi) is 13.7. The van der Waals surface area contributed by atoms with Crippen LogP contribution in [0.25, 0.3) is 17.2 Å². The van der Waals surface area contributed by atoms with Gasteiger partial charge in [-0.1, -0.05) is 60.2 Å². The van der Waals surface area contributed by atoms with E-state index < -0.39 is 57.8 Å². The van der Waals surface area contributed by atoms with Crippen LogP contribution in [0.5, 0.6) is 0 Å².